The molecule has 0 saturated carbocycles. The Morgan fingerprint density at radius 3 is 2.53 bits per heavy atom. The fraction of sp³-hybridized carbons (Fsp3) is 0.154. The average Bonchev–Trinajstić information content (AvgIpc) is 2.33. The number of nitrogens with two attached hydrogens (primary N) is 1. The van der Waals surface area contributed by atoms with Gasteiger partial charge in [-0.3, -0.25) is 4.98 Å². The molecule has 0 saturated heterocycles. The number of aromatic nitrogens is 1. The summed E-state index contributed by atoms with van der Waals surface area (Å²) in [6.45, 7) is 0. The zero-order valence-electron chi connectivity index (χ0n) is 9.71. The average molecular weight is 320 g/mol. The van der Waals surface area contributed by atoms with Gasteiger partial charge in [-0.2, -0.15) is 0 Å². The molecule has 0 aliphatic carbocycles. The SMILES string of the molecule is NC(Cc1ccc(F)c(Cl)c1)c1ncc(Cl)cc1Cl. The molecule has 0 radical (unpaired) electrons. The molecule has 0 aliphatic heterocycles. The minimum Gasteiger partial charge on any atom is -0.322 e. The van der Waals surface area contributed by atoms with Gasteiger partial charge in [0.25, 0.3) is 0 Å². The third-order valence-electron chi connectivity index (χ3n) is 2.63. The molecule has 2 nitrogen and oxygen atoms in total. The van der Waals surface area contributed by atoms with Crippen molar-refractivity contribution in [2.75, 3.05) is 0 Å². The van der Waals surface area contributed by atoms with Crippen LogP contribution in [0.3, 0.4) is 0 Å². The van der Waals surface area contributed by atoms with Crippen molar-refractivity contribution in [1.82, 2.24) is 4.98 Å². The summed E-state index contributed by atoms with van der Waals surface area (Å²) in [6.07, 6.45) is 1.94. The predicted octanol–water partition coefficient (Wildman–Crippen LogP) is 4.42. The predicted molar refractivity (Wildman–Crippen MR) is 76.3 cm³/mol. The van der Waals surface area contributed by atoms with Crippen LogP contribution in [0.5, 0.6) is 0 Å². The third-order valence-corrected chi connectivity index (χ3v) is 3.43. The van der Waals surface area contributed by atoms with E-state index in [1.165, 1.54) is 12.3 Å². The summed E-state index contributed by atoms with van der Waals surface area (Å²) in [7, 11) is 0. The Hall–Kier alpha value is -0.870. The molecule has 0 fully saturated rings. The summed E-state index contributed by atoms with van der Waals surface area (Å²) < 4.78 is 13.1. The van der Waals surface area contributed by atoms with Crippen molar-refractivity contribution in [3.63, 3.8) is 0 Å². The normalized spacial score (nSPS) is 12.5. The highest BCUT2D eigenvalue weighted by molar-refractivity contribution is 6.34. The van der Waals surface area contributed by atoms with Crippen LogP contribution in [-0.4, -0.2) is 4.98 Å². The van der Waals surface area contributed by atoms with E-state index in [0.29, 0.717) is 22.2 Å². The van der Waals surface area contributed by atoms with Gasteiger partial charge < -0.3 is 5.73 Å². The second-order valence-electron chi connectivity index (χ2n) is 4.08. The molecule has 1 heterocycles. The Balaban J connectivity index is 2.20. The molecule has 0 amide bonds. The van der Waals surface area contributed by atoms with E-state index in [1.807, 2.05) is 0 Å². The fourth-order valence-corrected chi connectivity index (χ4v) is 2.44. The van der Waals surface area contributed by atoms with Gasteiger partial charge >= 0.3 is 0 Å². The number of benzene rings is 1. The van der Waals surface area contributed by atoms with Crippen LogP contribution >= 0.6 is 34.8 Å². The Kier molecular flexibility index (Phi) is 4.63. The van der Waals surface area contributed by atoms with E-state index in [2.05, 4.69) is 4.98 Å². The Morgan fingerprint density at radius 1 is 1.16 bits per heavy atom. The highest BCUT2D eigenvalue weighted by Gasteiger charge is 2.14. The molecule has 0 bridgehead atoms. The monoisotopic (exact) mass is 318 g/mol. The van der Waals surface area contributed by atoms with Crippen LogP contribution in [0.15, 0.2) is 30.5 Å². The lowest BCUT2D eigenvalue weighted by Crippen LogP contribution is -2.15. The molecule has 2 aromatic rings. The molecule has 1 aromatic carbocycles. The second-order valence-corrected chi connectivity index (χ2v) is 5.33. The van der Waals surface area contributed by atoms with Crippen LogP contribution in [0.25, 0.3) is 0 Å². The number of halogens is 4. The summed E-state index contributed by atoms with van der Waals surface area (Å²) in [6, 6.07) is 5.65. The minimum atomic E-state index is -0.457. The van der Waals surface area contributed by atoms with Crippen molar-refractivity contribution < 1.29 is 4.39 Å². The molecular weight excluding hydrogens is 310 g/mol. The number of hydrogen-bond donors (Lipinski definition) is 1. The lowest BCUT2D eigenvalue weighted by Gasteiger charge is -2.13. The minimum absolute atomic E-state index is 0.0693. The molecule has 0 spiro atoms. The summed E-state index contributed by atoms with van der Waals surface area (Å²) >= 11 is 17.5. The third kappa shape index (κ3) is 3.57. The van der Waals surface area contributed by atoms with Gasteiger partial charge in [-0.1, -0.05) is 40.9 Å². The summed E-state index contributed by atoms with van der Waals surface area (Å²) in [5.74, 6) is -0.457. The van der Waals surface area contributed by atoms with Crippen LogP contribution in [0.1, 0.15) is 17.3 Å². The molecule has 100 valence electrons. The summed E-state index contributed by atoms with van der Waals surface area (Å²) in [4.78, 5) is 4.12. The molecule has 2 N–H and O–H groups in total. The van der Waals surface area contributed by atoms with E-state index in [1.54, 1.807) is 18.2 Å². The largest absolute Gasteiger partial charge is 0.322 e. The zero-order chi connectivity index (χ0) is 14.0. The first kappa shape index (κ1) is 14.5. The van der Waals surface area contributed by atoms with Crippen molar-refractivity contribution >= 4 is 34.8 Å². The first-order chi connectivity index (χ1) is 8.97. The lowest BCUT2D eigenvalue weighted by atomic mass is 10.0. The van der Waals surface area contributed by atoms with Gasteiger partial charge in [0.1, 0.15) is 5.82 Å². The van der Waals surface area contributed by atoms with Crippen molar-refractivity contribution in [1.29, 1.82) is 0 Å². The number of hydrogen-bond acceptors (Lipinski definition) is 2. The second kappa shape index (κ2) is 6.06. The molecule has 1 atom stereocenters. The van der Waals surface area contributed by atoms with E-state index < -0.39 is 11.9 Å². The van der Waals surface area contributed by atoms with Gasteiger partial charge in [0.05, 0.1) is 26.8 Å². The van der Waals surface area contributed by atoms with Crippen molar-refractivity contribution in [2.45, 2.75) is 12.5 Å². The summed E-state index contributed by atoms with van der Waals surface area (Å²) in [5, 5.41) is 0.929. The molecule has 1 unspecified atom stereocenters. The van der Waals surface area contributed by atoms with Crippen molar-refractivity contribution in [2.24, 2.45) is 5.73 Å². The molecule has 19 heavy (non-hydrogen) atoms. The fourth-order valence-electron chi connectivity index (χ4n) is 1.72. The molecule has 1 aromatic heterocycles. The number of nitrogens with zero attached hydrogens (tertiary/aromatic N) is 1. The highest BCUT2D eigenvalue weighted by atomic mass is 35.5. The van der Waals surface area contributed by atoms with Gasteiger partial charge in [0.2, 0.25) is 0 Å². The quantitative estimate of drug-likeness (QED) is 0.909. The smallest absolute Gasteiger partial charge is 0.141 e. The van der Waals surface area contributed by atoms with E-state index in [4.69, 9.17) is 40.5 Å². The maximum atomic E-state index is 13.1. The molecule has 6 heteroatoms. The Morgan fingerprint density at radius 2 is 1.89 bits per heavy atom. The highest BCUT2D eigenvalue weighted by Crippen LogP contribution is 2.26. The number of rotatable bonds is 3. The van der Waals surface area contributed by atoms with Gasteiger partial charge in [-0.15, -0.1) is 0 Å². The molecular formula is C13H10Cl3FN2. The summed E-state index contributed by atoms with van der Waals surface area (Å²) in [5.41, 5.74) is 7.40. The van der Waals surface area contributed by atoms with Gasteiger partial charge in [-0.25, -0.2) is 4.39 Å². The van der Waals surface area contributed by atoms with Crippen LogP contribution in [0.2, 0.25) is 15.1 Å². The molecule has 2 rings (SSSR count). The van der Waals surface area contributed by atoms with E-state index in [9.17, 15) is 4.39 Å². The van der Waals surface area contributed by atoms with Gasteiger partial charge in [0, 0.05) is 6.20 Å². The lowest BCUT2D eigenvalue weighted by molar-refractivity contribution is 0.625. The maximum Gasteiger partial charge on any atom is 0.141 e. The van der Waals surface area contributed by atoms with Crippen molar-refractivity contribution in [3.05, 3.63) is 62.6 Å². The standard InChI is InChI=1S/C13H10Cl3FN2/c14-8-5-10(16)13(19-6-8)12(18)4-7-1-2-11(17)9(15)3-7/h1-3,5-6,12H,4,18H2. The first-order valence-corrected chi connectivity index (χ1v) is 6.61. The van der Waals surface area contributed by atoms with Crippen LogP contribution in [0, 0.1) is 5.82 Å². The Bertz CT molecular complexity index is 604. The zero-order valence-corrected chi connectivity index (χ0v) is 12.0. The van der Waals surface area contributed by atoms with Crippen LogP contribution in [0.4, 0.5) is 4.39 Å². The number of pyridine rings is 1. The topological polar surface area (TPSA) is 38.9 Å². The molecule has 0 aliphatic rings. The van der Waals surface area contributed by atoms with E-state index in [0.717, 1.165) is 5.56 Å². The van der Waals surface area contributed by atoms with Crippen molar-refractivity contribution in [3.8, 4) is 0 Å². The first-order valence-electron chi connectivity index (χ1n) is 5.48. The van der Waals surface area contributed by atoms with Gasteiger partial charge in [0.15, 0.2) is 0 Å². The maximum absolute atomic E-state index is 13.1. The van der Waals surface area contributed by atoms with Crippen LogP contribution in [-0.2, 0) is 6.42 Å². The van der Waals surface area contributed by atoms with E-state index >= 15 is 0 Å². The van der Waals surface area contributed by atoms with Crippen LogP contribution < -0.4 is 5.73 Å². The van der Waals surface area contributed by atoms with Gasteiger partial charge in [-0.05, 0) is 30.2 Å². The Labute approximate surface area is 125 Å². The van der Waals surface area contributed by atoms with E-state index in [-0.39, 0.29) is 5.02 Å².